The van der Waals surface area contributed by atoms with E-state index in [9.17, 15) is 9.59 Å². The SMILES string of the molecule is Cc1ccc(N)c(N/C=C(/C#N)C(=O)NCCCCCC(=O)O)c1. The highest BCUT2D eigenvalue weighted by Crippen LogP contribution is 2.19. The molecule has 0 saturated heterocycles. The molecule has 1 amide bonds. The first-order chi connectivity index (χ1) is 11.4. The van der Waals surface area contributed by atoms with Crippen LogP contribution in [0.25, 0.3) is 0 Å². The van der Waals surface area contributed by atoms with Crippen LogP contribution >= 0.6 is 0 Å². The number of amides is 1. The van der Waals surface area contributed by atoms with Gasteiger partial charge < -0.3 is 21.5 Å². The van der Waals surface area contributed by atoms with Crippen molar-refractivity contribution in [1.29, 1.82) is 5.26 Å². The Balaban J connectivity index is 2.47. The van der Waals surface area contributed by atoms with Gasteiger partial charge in [-0.3, -0.25) is 9.59 Å². The number of hydrogen-bond donors (Lipinski definition) is 4. The van der Waals surface area contributed by atoms with E-state index in [2.05, 4.69) is 10.6 Å². The molecule has 0 heterocycles. The second-order valence-electron chi connectivity index (χ2n) is 5.37. The number of carbonyl (C=O) groups excluding carboxylic acids is 1. The van der Waals surface area contributed by atoms with Crippen molar-refractivity contribution in [2.24, 2.45) is 0 Å². The molecular weight excluding hydrogens is 308 g/mol. The van der Waals surface area contributed by atoms with Crippen LogP contribution in [0.3, 0.4) is 0 Å². The van der Waals surface area contributed by atoms with Gasteiger partial charge in [0.2, 0.25) is 0 Å². The van der Waals surface area contributed by atoms with E-state index < -0.39 is 11.9 Å². The monoisotopic (exact) mass is 330 g/mol. The predicted molar refractivity (Wildman–Crippen MR) is 92.0 cm³/mol. The maximum atomic E-state index is 11.9. The Kier molecular flexibility index (Phi) is 7.85. The minimum absolute atomic E-state index is 0.0542. The van der Waals surface area contributed by atoms with Crippen LogP contribution in [0.5, 0.6) is 0 Å². The normalized spacial score (nSPS) is 10.8. The summed E-state index contributed by atoms with van der Waals surface area (Å²) in [4.78, 5) is 22.3. The van der Waals surface area contributed by atoms with Gasteiger partial charge in [-0.2, -0.15) is 5.26 Å². The predicted octanol–water partition coefficient (Wildman–Crippen LogP) is 2.16. The van der Waals surface area contributed by atoms with Crippen LogP contribution in [0.1, 0.15) is 31.2 Å². The Bertz CT molecular complexity index is 662. The zero-order valence-electron chi connectivity index (χ0n) is 13.6. The standard InChI is InChI=1S/C17H22N4O3/c1-12-6-7-14(19)15(9-12)21-11-13(10-18)17(24)20-8-4-2-3-5-16(22)23/h6-7,9,11,21H,2-5,8,19H2,1H3,(H,20,24)(H,22,23)/b13-11-. The van der Waals surface area contributed by atoms with Crippen LogP contribution in [-0.2, 0) is 9.59 Å². The molecule has 0 aliphatic carbocycles. The Morgan fingerprint density at radius 3 is 2.75 bits per heavy atom. The van der Waals surface area contributed by atoms with Gasteiger partial charge in [0.15, 0.2) is 0 Å². The topological polar surface area (TPSA) is 128 Å². The van der Waals surface area contributed by atoms with Crippen molar-refractivity contribution in [2.45, 2.75) is 32.6 Å². The lowest BCUT2D eigenvalue weighted by Crippen LogP contribution is -2.26. The minimum Gasteiger partial charge on any atom is -0.481 e. The van der Waals surface area contributed by atoms with Crippen LogP contribution < -0.4 is 16.4 Å². The number of nitrogens with one attached hydrogen (secondary N) is 2. The average molecular weight is 330 g/mol. The number of carboxylic acid groups (broad SMARTS) is 1. The fourth-order valence-electron chi connectivity index (χ4n) is 1.97. The van der Waals surface area contributed by atoms with Gasteiger partial charge in [0.1, 0.15) is 11.6 Å². The molecule has 24 heavy (non-hydrogen) atoms. The van der Waals surface area contributed by atoms with Crippen LogP contribution in [0.2, 0.25) is 0 Å². The summed E-state index contributed by atoms with van der Waals surface area (Å²) >= 11 is 0. The molecule has 7 nitrogen and oxygen atoms in total. The fourth-order valence-corrected chi connectivity index (χ4v) is 1.97. The molecular formula is C17H22N4O3. The van der Waals surface area contributed by atoms with Gasteiger partial charge in [-0.25, -0.2) is 0 Å². The Hall–Kier alpha value is -3.01. The van der Waals surface area contributed by atoms with Crippen LogP contribution in [0.4, 0.5) is 11.4 Å². The summed E-state index contributed by atoms with van der Waals surface area (Å²) in [6.07, 6.45) is 3.39. The summed E-state index contributed by atoms with van der Waals surface area (Å²) in [5.41, 5.74) is 7.92. The molecule has 0 fully saturated rings. The van der Waals surface area contributed by atoms with E-state index in [1.54, 1.807) is 6.07 Å². The Labute approximate surface area is 141 Å². The number of nitrogen functional groups attached to an aromatic ring is 1. The highest BCUT2D eigenvalue weighted by Gasteiger charge is 2.08. The van der Waals surface area contributed by atoms with Crippen molar-refractivity contribution in [2.75, 3.05) is 17.6 Å². The number of carboxylic acids is 1. The van der Waals surface area contributed by atoms with E-state index >= 15 is 0 Å². The van der Waals surface area contributed by atoms with Crippen molar-refractivity contribution in [1.82, 2.24) is 5.32 Å². The van der Waals surface area contributed by atoms with Crippen LogP contribution in [0.15, 0.2) is 30.0 Å². The van der Waals surface area contributed by atoms with Crippen molar-refractivity contribution >= 4 is 23.3 Å². The summed E-state index contributed by atoms with van der Waals surface area (Å²) in [7, 11) is 0. The van der Waals surface area contributed by atoms with Gasteiger partial charge in [0.05, 0.1) is 11.4 Å². The molecule has 0 aromatic heterocycles. The molecule has 0 saturated carbocycles. The van der Waals surface area contributed by atoms with E-state index in [0.717, 1.165) is 5.56 Å². The van der Waals surface area contributed by atoms with E-state index in [-0.39, 0.29) is 12.0 Å². The third-order valence-electron chi connectivity index (χ3n) is 3.30. The number of nitriles is 1. The summed E-state index contributed by atoms with van der Waals surface area (Å²) in [5.74, 6) is -1.30. The first kappa shape index (κ1) is 19.0. The molecule has 0 atom stereocenters. The number of hydrogen-bond acceptors (Lipinski definition) is 5. The quantitative estimate of drug-likeness (QED) is 0.238. The molecule has 0 aliphatic heterocycles. The average Bonchev–Trinajstić information content (AvgIpc) is 2.54. The van der Waals surface area contributed by atoms with Crippen LogP contribution in [0, 0.1) is 18.3 Å². The molecule has 7 heteroatoms. The molecule has 5 N–H and O–H groups in total. The smallest absolute Gasteiger partial charge is 0.303 e. The fraction of sp³-hybridized carbons (Fsp3) is 0.353. The maximum Gasteiger partial charge on any atom is 0.303 e. The summed E-state index contributed by atoms with van der Waals surface area (Å²) in [6, 6.07) is 7.27. The first-order valence-electron chi connectivity index (χ1n) is 7.67. The molecule has 0 radical (unpaired) electrons. The number of nitrogens with zero attached hydrogens (tertiary/aromatic N) is 1. The molecule has 1 aromatic rings. The molecule has 0 unspecified atom stereocenters. The Morgan fingerprint density at radius 2 is 2.08 bits per heavy atom. The van der Waals surface area contributed by atoms with Gasteiger partial charge in [0, 0.05) is 19.2 Å². The molecule has 0 spiro atoms. The van der Waals surface area contributed by atoms with E-state index in [0.29, 0.717) is 37.2 Å². The molecule has 1 rings (SSSR count). The lowest BCUT2D eigenvalue weighted by atomic mass is 10.2. The number of unbranched alkanes of at least 4 members (excludes halogenated alkanes) is 2. The summed E-state index contributed by atoms with van der Waals surface area (Å²) in [6.45, 7) is 2.31. The molecule has 0 aliphatic rings. The van der Waals surface area contributed by atoms with E-state index in [1.165, 1.54) is 6.20 Å². The lowest BCUT2D eigenvalue weighted by molar-refractivity contribution is -0.137. The lowest BCUT2D eigenvalue weighted by Gasteiger charge is -2.08. The third kappa shape index (κ3) is 6.83. The third-order valence-corrected chi connectivity index (χ3v) is 3.30. The number of rotatable bonds is 9. The van der Waals surface area contributed by atoms with Crippen LogP contribution in [-0.4, -0.2) is 23.5 Å². The first-order valence-corrected chi connectivity index (χ1v) is 7.67. The highest BCUT2D eigenvalue weighted by atomic mass is 16.4. The number of aryl methyl sites for hydroxylation is 1. The maximum absolute atomic E-state index is 11.9. The van der Waals surface area contributed by atoms with Gasteiger partial charge in [-0.15, -0.1) is 0 Å². The number of anilines is 2. The minimum atomic E-state index is -0.824. The van der Waals surface area contributed by atoms with Gasteiger partial charge in [-0.05, 0) is 37.5 Å². The van der Waals surface area contributed by atoms with Gasteiger partial charge in [0.25, 0.3) is 5.91 Å². The largest absolute Gasteiger partial charge is 0.481 e. The second-order valence-corrected chi connectivity index (χ2v) is 5.37. The number of aliphatic carboxylic acids is 1. The summed E-state index contributed by atoms with van der Waals surface area (Å²) in [5, 5.41) is 23.1. The Morgan fingerprint density at radius 1 is 1.33 bits per heavy atom. The van der Waals surface area contributed by atoms with Gasteiger partial charge >= 0.3 is 5.97 Å². The van der Waals surface area contributed by atoms with E-state index in [1.807, 2.05) is 25.1 Å². The highest BCUT2D eigenvalue weighted by molar-refractivity contribution is 5.97. The molecule has 128 valence electrons. The van der Waals surface area contributed by atoms with Crippen molar-refractivity contribution in [3.05, 3.63) is 35.5 Å². The van der Waals surface area contributed by atoms with Crippen molar-refractivity contribution in [3.63, 3.8) is 0 Å². The summed E-state index contributed by atoms with van der Waals surface area (Å²) < 4.78 is 0. The van der Waals surface area contributed by atoms with Crippen molar-refractivity contribution in [3.8, 4) is 6.07 Å². The van der Waals surface area contributed by atoms with E-state index in [4.69, 9.17) is 16.1 Å². The zero-order valence-corrected chi connectivity index (χ0v) is 13.6. The van der Waals surface area contributed by atoms with Gasteiger partial charge in [-0.1, -0.05) is 12.5 Å². The number of nitrogens with two attached hydrogens (primary N) is 1. The van der Waals surface area contributed by atoms with Crippen molar-refractivity contribution < 1.29 is 14.7 Å². The number of benzene rings is 1. The molecule has 0 bridgehead atoms. The second kappa shape index (κ2) is 9.90. The number of carbonyl (C=O) groups is 2. The molecule has 1 aromatic carbocycles. The zero-order chi connectivity index (χ0) is 17.9.